The molecule has 3 aromatic rings. The fraction of sp³-hybridized carbons (Fsp3) is 0.367. The number of nitrogens with zero attached hydrogens (tertiary/aromatic N) is 1. The van der Waals surface area contributed by atoms with E-state index in [4.69, 9.17) is 5.11 Å². The van der Waals surface area contributed by atoms with Crippen molar-refractivity contribution in [2.75, 3.05) is 10.8 Å². The molecule has 0 radical (unpaired) electrons. The van der Waals surface area contributed by atoms with Crippen molar-refractivity contribution in [1.29, 1.82) is 0 Å². The average Bonchev–Trinajstić information content (AvgIpc) is 2.86. The zero-order chi connectivity index (χ0) is 26.6. The van der Waals surface area contributed by atoms with Crippen molar-refractivity contribution >= 4 is 21.7 Å². The third-order valence-electron chi connectivity index (χ3n) is 7.34. The largest absolute Gasteiger partial charge is 0.478 e. The summed E-state index contributed by atoms with van der Waals surface area (Å²) < 4.78 is 30.2. The molecule has 0 spiro atoms. The molecule has 192 valence electrons. The molecule has 36 heavy (non-hydrogen) atoms. The molecule has 0 heterocycles. The minimum atomic E-state index is -3.80. The molecule has 0 aliphatic rings. The summed E-state index contributed by atoms with van der Waals surface area (Å²) in [7, 11) is -3.80. The van der Waals surface area contributed by atoms with Gasteiger partial charge < -0.3 is 5.11 Å². The van der Waals surface area contributed by atoms with Crippen molar-refractivity contribution in [2.24, 2.45) is 0 Å². The van der Waals surface area contributed by atoms with Crippen LogP contribution in [0.3, 0.4) is 0 Å². The van der Waals surface area contributed by atoms with Crippen LogP contribution >= 0.6 is 0 Å². The molecule has 0 aliphatic heterocycles. The van der Waals surface area contributed by atoms with Gasteiger partial charge in [0.25, 0.3) is 10.0 Å². The van der Waals surface area contributed by atoms with Crippen LogP contribution in [-0.4, -0.2) is 26.0 Å². The van der Waals surface area contributed by atoms with Crippen LogP contribution in [0.4, 0.5) is 5.69 Å². The number of carboxylic acids is 1. The van der Waals surface area contributed by atoms with Gasteiger partial charge in [-0.05, 0) is 111 Å². The molecule has 0 saturated carbocycles. The van der Waals surface area contributed by atoms with Gasteiger partial charge >= 0.3 is 5.97 Å². The van der Waals surface area contributed by atoms with Crippen LogP contribution < -0.4 is 4.31 Å². The monoisotopic (exact) mass is 507 g/mol. The fourth-order valence-electron chi connectivity index (χ4n) is 4.69. The molecule has 5 nitrogen and oxygen atoms in total. The SMILES string of the molecule is CCCCN(c1ccccc1CCc1ccc(C(=O)O)cc1)S(=O)(=O)c1c(C)c(C)c(C)c(C)c1C. The van der Waals surface area contributed by atoms with Crippen LogP contribution in [0, 0.1) is 34.6 Å². The first-order valence-electron chi connectivity index (χ1n) is 12.5. The van der Waals surface area contributed by atoms with Crippen LogP contribution in [0.25, 0.3) is 0 Å². The van der Waals surface area contributed by atoms with E-state index >= 15 is 0 Å². The molecule has 3 aromatic carbocycles. The Morgan fingerprint density at radius 1 is 0.806 bits per heavy atom. The van der Waals surface area contributed by atoms with Gasteiger partial charge in [-0.2, -0.15) is 0 Å². The predicted molar refractivity (Wildman–Crippen MR) is 147 cm³/mol. The highest BCUT2D eigenvalue weighted by Crippen LogP contribution is 2.35. The third-order valence-corrected chi connectivity index (χ3v) is 9.43. The molecule has 0 unspecified atom stereocenters. The quantitative estimate of drug-likeness (QED) is 0.331. The van der Waals surface area contributed by atoms with E-state index < -0.39 is 16.0 Å². The van der Waals surface area contributed by atoms with Crippen molar-refractivity contribution in [3.8, 4) is 0 Å². The van der Waals surface area contributed by atoms with Gasteiger partial charge in [-0.3, -0.25) is 4.31 Å². The van der Waals surface area contributed by atoms with Crippen LogP contribution in [0.15, 0.2) is 53.4 Å². The van der Waals surface area contributed by atoms with E-state index in [2.05, 4.69) is 6.92 Å². The first-order valence-corrected chi connectivity index (χ1v) is 13.9. The van der Waals surface area contributed by atoms with Gasteiger partial charge in [0.05, 0.1) is 16.1 Å². The van der Waals surface area contributed by atoms with E-state index in [0.29, 0.717) is 30.0 Å². The number of hydrogen-bond acceptors (Lipinski definition) is 3. The van der Waals surface area contributed by atoms with Gasteiger partial charge in [-0.15, -0.1) is 0 Å². The van der Waals surface area contributed by atoms with E-state index in [1.807, 2.05) is 71.0 Å². The molecule has 3 rings (SSSR count). The molecule has 0 fully saturated rings. The summed E-state index contributed by atoms with van der Waals surface area (Å²) in [6, 6.07) is 14.6. The van der Waals surface area contributed by atoms with E-state index in [1.54, 1.807) is 16.4 Å². The van der Waals surface area contributed by atoms with Crippen LogP contribution in [0.2, 0.25) is 0 Å². The molecular weight excluding hydrogens is 470 g/mol. The van der Waals surface area contributed by atoms with Crippen molar-refractivity contribution in [1.82, 2.24) is 0 Å². The molecule has 0 atom stereocenters. The van der Waals surface area contributed by atoms with Gasteiger partial charge in [0.2, 0.25) is 0 Å². The summed E-state index contributed by atoms with van der Waals surface area (Å²) in [5, 5.41) is 9.15. The smallest absolute Gasteiger partial charge is 0.335 e. The van der Waals surface area contributed by atoms with Gasteiger partial charge in [-0.1, -0.05) is 43.7 Å². The number of hydrogen-bond donors (Lipinski definition) is 1. The lowest BCUT2D eigenvalue weighted by atomic mass is 9.95. The average molecular weight is 508 g/mol. The van der Waals surface area contributed by atoms with Gasteiger partial charge in [0.15, 0.2) is 0 Å². The minimum absolute atomic E-state index is 0.255. The summed E-state index contributed by atoms with van der Waals surface area (Å²) in [5.74, 6) is -0.948. The number of carboxylic acid groups (broad SMARTS) is 1. The zero-order valence-electron chi connectivity index (χ0n) is 22.2. The first-order chi connectivity index (χ1) is 17.0. The zero-order valence-corrected chi connectivity index (χ0v) is 23.0. The van der Waals surface area contributed by atoms with Gasteiger partial charge in [0, 0.05) is 6.54 Å². The van der Waals surface area contributed by atoms with E-state index in [1.165, 1.54) is 0 Å². The van der Waals surface area contributed by atoms with Crippen molar-refractivity contribution in [3.05, 3.63) is 93.0 Å². The number of carbonyl (C=O) groups is 1. The molecule has 6 heteroatoms. The Bertz CT molecular complexity index is 1330. The fourth-order valence-corrected chi connectivity index (χ4v) is 6.80. The highest BCUT2D eigenvalue weighted by molar-refractivity contribution is 7.93. The van der Waals surface area contributed by atoms with Crippen molar-refractivity contribution in [2.45, 2.75) is 72.1 Å². The highest BCUT2D eigenvalue weighted by Gasteiger charge is 2.31. The number of benzene rings is 3. The Morgan fingerprint density at radius 2 is 1.36 bits per heavy atom. The Hall–Kier alpha value is -3.12. The summed E-state index contributed by atoms with van der Waals surface area (Å²) in [6.45, 7) is 12.3. The predicted octanol–water partition coefficient (Wildman–Crippen LogP) is 6.71. The first kappa shape index (κ1) is 27.5. The van der Waals surface area contributed by atoms with Crippen molar-refractivity contribution in [3.63, 3.8) is 0 Å². The lowest BCUT2D eigenvalue weighted by molar-refractivity contribution is 0.0697. The van der Waals surface area contributed by atoms with Gasteiger partial charge in [-0.25, -0.2) is 13.2 Å². The molecule has 0 aliphatic carbocycles. The Labute approximate surface area is 215 Å². The second-order valence-corrected chi connectivity index (χ2v) is 11.3. The molecule has 1 N–H and O–H groups in total. The number of sulfonamides is 1. The molecule has 0 saturated heterocycles. The summed E-state index contributed by atoms with van der Waals surface area (Å²) in [6.07, 6.45) is 2.96. The normalized spacial score (nSPS) is 11.5. The van der Waals surface area contributed by atoms with Crippen LogP contribution in [0.1, 0.15) is 69.1 Å². The van der Waals surface area contributed by atoms with Crippen molar-refractivity contribution < 1.29 is 18.3 Å². The Morgan fingerprint density at radius 3 is 1.92 bits per heavy atom. The number of aromatic carboxylic acids is 1. The van der Waals surface area contributed by atoms with Gasteiger partial charge in [0.1, 0.15) is 0 Å². The summed E-state index contributed by atoms with van der Waals surface area (Å²) in [5.41, 5.74) is 7.73. The molecule has 0 amide bonds. The Kier molecular flexibility index (Phi) is 8.62. The lowest BCUT2D eigenvalue weighted by Crippen LogP contribution is -2.34. The maximum Gasteiger partial charge on any atom is 0.335 e. The number of aryl methyl sites for hydroxylation is 2. The number of unbranched alkanes of at least 4 members (excludes halogenated alkanes) is 1. The molecule has 0 aromatic heterocycles. The second-order valence-electron chi connectivity index (χ2n) is 9.52. The van der Waals surface area contributed by atoms with E-state index in [9.17, 15) is 13.2 Å². The Balaban J connectivity index is 2.05. The summed E-state index contributed by atoms with van der Waals surface area (Å²) >= 11 is 0. The molecule has 0 bridgehead atoms. The number of para-hydroxylation sites is 1. The van der Waals surface area contributed by atoms with E-state index in [0.717, 1.165) is 51.8 Å². The highest BCUT2D eigenvalue weighted by atomic mass is 32.2. The third kappa shape index (κ3) is 5.49. The molecular formula is C30H37NO4S. The van der Waals surface area contributed by atoms with Crippen LogP contribution in [-0.2, 0) is 22.9 Å². The lowest BCUT2D eigenvalue weighted by Gasteiger charge is -2.29. The maximum atomic E-state index is 14.3. The maximum absolute atomic E-state index is 14.3. The number of rotatable bonds is 10. The van der Waals surface area contributed by atoms with Crippen LogP contribution in [0.5, 0.6) is 0 Å². The number of anilines is 1. The topological polar surface area (TPSA) is 74.7 Å². The standard InChI is InChI=1S/C30H37NO4S/c1-7-8-19-31(36(34,35)29-23(5)21(3)20(2)22(4)24(29)6)28-12-10-9-11-26(28)16-13-25-14-17-27(18-15-25)30(32)33/h9-12,14-15,17-18H,7-8,13,16,19H2,1-6H3,(H,32,33). The second kappa shape index (κ2) is 11.3. The summed E-state index contributed by atoms with van der Waals surface area (Å²) in [4.78, 5) is 11.6. The van der Waals surface area contributed by atoms with E-state index in [-0.39, 0.29) is 5.56 Å². The minimum Gasteiger partial charge on any atom is -0.478 e.